The lowest BCUT2D eigenvalue weighted by Crippen LogP contribution is -2.26. The Bertz CT molecular complexity index is 299. The van der Waals surface area contributed by atoms with Crippen LogP contribution in [-0.4, -0.2) is 6.54 Å². The highest BCUT2D eigenvalue weighted by Gasteiger charge is 2.26. The summed E-state index contributed by atoms with van der Waals surface area (Å²) in [4.78, 5) is 2.98. The second-order valence-corrected chi connectivity index (χ2v) is 5.85. The monoisotopic (exact) mass is 223 g/mol. The number of nitrogens with one attached hydrogen (secondary N) is 1. The fourth-order valence-corrected chi connectivity index (χ4v) is 3.68. The summed E-state index contributed by atoms with van der Waals surface area (Å²) in [6.45, 7) is 5.49. The topological polar surface area (TPSA) is 12.0 Å². The Labute approximate surface area is 96.9 Å². The number of thiophene rings is 1. The van der Waals surface area contributed by atoms with Crippen LogP contribution in [0, 0.1) is 12.8 Å². The van der Waals surface area contributed by atoms with Gasteiger partial charge in [0.25, 0.3) is 0 Å². The third-order valence-corrected chi connectivity index (χ3v) is 4.45. The summed E-state index contributed by atoms with van der Waals surface area (Å²) in [6, 6.07) is 5.18. The number of rotatable bonds is 4. The van der Waals surface area contributed by atoms with Crippen molar-refractivity contribution in [1.82, 2.24) is 5.32 Å². The molecule has 0 saturated heterocycles. The minimum atomic E-state index is 0.621. The zero-order valence-electron chi connectivity index (χ0n) is 9.75. The summed E-state index contributed by atoms with van der Waals surface area (Å²) >= 11 is 1.96. The average molecular weight is 223 g/mol. The summed E-state index contributed by atoms with van der Waals surface area (Å²) in [5, 5.41) is 3.66. The molecule has 1 unspecified atom stereocenters. The first-order valence-corrected chi connectivity index (χ1v) is 6.92. The van der Waals surface area contributed by atoms with E-state index in [1.807, 2.05) is 11.3 Å². The molecule has 1 aromatic rings. The quantitative estimate of drug-likeness (QED) is 0.816. The molecular weight excluding hydrogens is 202 g/mol. The fraction of sp³-hybridized carbons (Fsp3) is 0.692. The highest BCUT2D eigenvalue weighted by Crippen LogP contribution is 2.37. The Morgan fingerprint density at radius 3 is 2.67 bits per heavy atom. The molecule has 1 aliphatic rings. The molecule has 84 valence electrons. The second-order valence-electron chi connectivity index (χ2n) is 4.53. The Morgan fingerprint density at radius 1 is 1.40 bits per heavy atom. The van der Waals surface area contributed by atoms with Crippen LogP contribution in [0.5, 0.6) is 0 Å². The van der Waals surface area contributed by atoms with E-state index < -0.39 is 0 Å². The van der Waals surface area contributed by atoms with Crippen LogP contribution in [0.1, 0.15) is 48.4 Å². The van der Waals surface area contributed by atoms with Gasteiger partial charge in [-0.15, -0.1) is 11.3 Å². The van der Waals surface area contributed by atoms with E-state index in [-0.39, 0.29) is 0 Å². The number of hydrogen-bond donors (Lipinski definition) is 1. The normalized spacial score (nSPS) is 19.6. The van der Waals surface area contributed by atoms with Gasteiger partial charge in [0.05, 0.1) is 0 Å². The van der Waals surface area contributed by atoms with E-state index in [4.69, 9.17) is 0 Å². The van der Waals surface area contributed by atoms with Crippen molar-refractivity contribution < 1.29 is 0 Å². The van der Waals surface area contributed by atoms with E-state index in [1.54, 1.807) is 4.88 Å². The maximum absolute atomic E-state index is 3.66. The molecule has 1 nitrogen and oxygen atoms in total. The van der Waals surface area contributed by atoms with Crippen LogP contribution in [0.3, 0.4) is 0 Å². The number of hydrogen-bond acceptors (Lipinski definition) is 2. The molecular formula is C13H21NS. The van der Waals surface area contributed by atoms with Gasteiger partial charge in [0.15, 0.2) is 0 Å². The molecule has 0 amide bonds. The van der Waals surface area contributed by atoms with Gasteiger partial charge in [-0.05, 0) is 44.4 Å². The lowest BCUT2D eigenvalue weighted by Gasteiger charge is -2.23. The van der Waals surface area contributed by atoms with Crippen LogP contribution < -0.4 is 5.32 Å². The van der Waals surface area contributed by atoms with Crippen molar-refractivity contribution >= 4 is 11.3 Å². The predicted octanol–water partition coefficient (Wildman–Crippen LogP) is 3.90. The maximum atomic E-state index is 3.66. The fourth-order valence-electron chi connectivity index (χ4n) is 2.63. The predicted molar refractivity (Wildman–Crippen MR) is 67.4 cm³/mol. The largest absolute Gasteiger partial charge is 0.309 e. The summed E-state index contributed by atoms with van der Waals surface area (Å²) in [5.41, 5.74) is 0. The number of aryl methyl sites for hydroxylation is 1. The molecule has 1 fully saturated rings. The first kappa shape index (κ1) is 11.2. The van der Waals surface area contributed by atoms with E-state index in [1.165, 1.54) is 30.6 Å². The van der Waals surface area contributed by atoms with Gasteiger partial charge in [-0.1, -0.05) is 19.8 Å². The van der Waals surface area contributed by atoms with Gasteiger partial charge in [-0.25, -0.2) is 0 Å². The second kappa shape index (κ2) is 5.13. The minimum absolute atomic E-state index is 0.621. The van der Waals surface area contributed by atoms with Gasteiger partial charge in [0.2, 0.25) is 0 Å². The molecule has 1 aliphatic carbocycles. The summed E-state index contributed by atoms with van der Waals surface area (Å²) in [5.74, 6) is 0.878. The molecule has 2 heteroatoms. The molecule has 1 N–H and O–H groups in total. The lowest BCUT2D eigenvalue weighted by molar-refractivity contribution is 0.379. The van der Waals surface area contributed by atoms with Crippen molar-refractivity contribution in [3.8, 4) is 0 Å². The van der Waals surface area contributed by atoms with Crippen molar-refractivity contribution in [2.75, 3.05) is 6.54 Å². The molecule has 0 aromatic carbocycles. The molecule has 0 radical (unpaired) electrons. The molecule has 0 spiro atoms. The molecule has 1 heterocycles. The molecule has 15 heavy (non-hydrogen) atoms. The van der Waals surface area contributed by atoms with Crippen LogP contribution in [-0.2, 0) is 0 Å². The smallest absolute Gasteiger partial charge is 0.0443 e. The Morgan fingerprint density at radius 2 is 2.13 bits per heavy atom. The van der Waals surface area contributed by atoms with Crippen molar-refractivity contribution in [3.05, 3.63) is 21.9 Å². The lowest BCUT2D eigenvalue weighted by atomic mass is 9.97. The van der Waals surface area contributed by atoms with Crippen LogP contribution in [0.4, 0.5) is 0 Å². The van der Waals surface area contributed by atoms with Gasteiger partial charge in [-0.3, -0.25) is 0 Å². The van der Waals surface area contributed by atoms with Crippen LogP contribution in [0.2, 0.25) is 0 Å². The van der Waals surface area contributed by atoms with Gasteiger partial charge < -0.3 is 5.32 Å². The molecule has 0 bridgehead atoms. The third kappa shape index (κ3) is 2.61. The van der Waals surface area contributed by atoms with Gasteiger partial charge in [0.1, 0.15) is 0 Å². The van der Waals surface area contributed by atoms with Crippen molar-refractivity contribution in [3.63, 3.8) is 0 Å². The van der Waals surface area contributed by atoms with Crippen molar-refractivity contribution in [2.24, 2.45) is 5.92 Å². The molecule has 1 atom stereocenters. The molecule has 1 saturated carbocycles. The molecule has 2 rings (SSSR count). The van der Waals surface area contributed by atoms with E-state index in [0.29, 0.717) is 6.04 Å². The standard InChI is InChI=1S/C13H21NS/c1-3-14-13(11-6-4-5-7-11)12-9-8-10(2)15-12/h8-9,11,13-14H,3-7H2,1-2H3. The zero-order chi connectivity index (χ0) is 10.7. The SMILES string of the molecule is CCNC(c1ccc(C)s1)C1CCCC1. The van der Waals surface area contributed by atoms with Gasteiger partial charge in [-0.2, -0.15) is 0 Å². The van der Waals surface area contributed by atoms with E-state index in [0.717, 1.165) is 12.5 Å². The summed E-state index contributed by atoms with van der Waals surface area (Å²) in [7, 11) is 0. The Kier molecular flexibility index (Phi) is 3.81. The maximum Gasteiger partial charge on any atom is 0.0443 e. The van der Waals surface area contributed by atoms with Gasteiger partial charge in [0, 0.05) is 15.8 Å². The molecule has 1 aromatic heterocycles. The minimum Gasteiger partial charge on any atom is -0.309 e. The highest BCUT2D eigenvalue weighted by molar-refractivity contribution is 7.12. The summed E-state index contributed by atoms with van der Waals surface area (Å²) < 4.78 is 0. The highest BCUT2D eigenvalue weighted by atomic mass is 32.1. The van der Waals surface area contributed by atoms with Crippen LogP contribution >= 0.6 is 11.3 Å². The van der Waals surface area contributed by atoms with E-state index in [2.05, 4.69) is 31.3 Å². The van der Waals surface area contributed by atoms with Crippen LogP contribution in [0.15, 0.2) is 12.1 Å². The third-order valence-electron chi connectivity index (χ3n) is 3.36. The Hall–Kier alpha value is -0.340. The van der Waals surface area contributed by atoms with E-state index in [9.17, 15) is 0 Å². The van der Waals surface area contributed by atoms with Gasteiger partial charge >= 0.3 is 0 Å². The Balaban J connectivity index is 2.11. The van der Waals surface area contributed by atoms with Crippen molar-refractivity contribution in [1.29, 1.82) is 0 Å². The first-order valence-electron chi connectivity index (χ1n) is 6.11. The zero-order valence-corrected chi connectivity index (χ0v) is 10.6. The van der Waals surface area contributed by atoms with Crippen molar-refractivity contribution in [2.45, 2.75) is 45.6 Å². The average Bonchev–Trinajstić information content (AvgIpc) is 2.85. The van der Waals surface area contributed by atoms with Crippen LogP contribution in [0.25, 0.3) is 0 Å². The summed E-state index contributed by atoms with van der Waals surface area (Å²) in [6.07, 6.45) is 5.68. The first-order chi connectivity index (χ1) is 7.31. The van der Waals surface area contributed by atoms with E-state index >= 15 is 0 Å². The molecule has 0 aliphatic heterocycles.